The van der Waals surface area contributed by atoms with Crippen molar-refractivity contribution in [3.8, 4) is 0 Å². The predicted octanol–water partition coefficient (Wildman–Crippen LogP) is 2.53. The number of carbonyl (C=O) groups excluding carboxylic acids is 2. The van der Waals surface area contributed by atoms with Gasteiger partial charge in [0.05, 0.1) is 11.0 Å². The molecule has 2 aliphatic heterocycles. The Labute approximate surface area is 178 Å². The minimum Gasteiger partial charge on any atom is -0.366 e. The van der Waals surface area contributed by atoms with Crippen LogP contribution in [0.5, 0.6) is 0 Å². The van der Waals surface area contributed by atoms with Gasteiger partial charge in [-0.3, -0.25) is 29.5 Å². The number of anilines is 1. The highest BCUT2D eigenvalue weighted by atomic mass is 32.1. The quantitative estimate of drug-likeness (QED) is 0.319. The van der Waals surface area contributed by atoms with Crippen molar-refractivity contribution in [2.45, 2.75) is 12.5 Å². The van der Waals surface area contributed by atoms with E-state index < -0.39 is 28.2 Å². The maximum atomic E-state index is 13.7. The van der Waals surface area contributed by atoms with Crippen LogP contribution in [0.4, 0.5) is 11.4 Å². The van der Waals surface area contributed by atoms with Crippen molar-refractivity contribution < 1.29 is 14.5 Å². The number of carbonyl (C=O) groups is 2. The standard InChI is InChI=1S/C21H20N4O4S/c1-22-16-10-9-15(25(28)29)11-14(16)12-21(17(22)13-7-5-4-6-8-13)18(26)23(2)20(30)24(3)19(21)27/h4-11,17H,12H2,1-3H3. The molecule has 1 atom stereocenters. The summed E-state index contributed by atoms with van der Waals surface area (Å²) in [5, 5.41) is 11.5. The third kappa shape index (κ3) is 2.62. The summed E-state index contributed by atoms with van der Waals surface area (Å²) in [5.41, 5.74) is 0.558. The molecule has 1 unspecified atom stereocenters. The van der Waals surface area contributed by atoms with Crippen LogP contribution in [0.15, 0.2) is 48.5 Å². The molecule has 4 rings (SSSR count). The minimum absolute atomic E-state index is 0.0445. The number of amides is 2. The first-order valence-corrected chi connectivity index (χ1v) is 9.76. The topological polar surface area (TPSA) is 87.0 Å². The van der Waals surface area contributed by atoms with Gasteiger partial charge in [0.15, 0.2) is 10.5 Å². The summed E-state index contributed by atoms with van der Waals surface area (Å²) < 4.78 is 0. The number of thiocarbonyl (C=S) groups is 1. The van der Waals surface area contributed by atoms with Crippen molar-refractivity contribution in [3.63, 3.8) is 0 Å². The van der Waals surface area contributed by atoms with Gasteiger partial charge in [-0.2, -0.15) is 0 Å². The van der Waals surface area contributed by atoms with Crippen LogP contribution < -0.4 is 4.90 Å². The van der Waals surface area contributed by atoms with Gasteiger partial charge in [-0.05, 0) is 29.4 Å². The zero-order valence-corrected chi connectivity index (χ0v) is 17.5. The van der Waals surface area contributed by atoms with Crippen LogP contribution in [-0.4, -0.2) is 52.8 Å². The molecule has 154 valence electrons. The van der Waals surface area contributed by atoms with Crippen molar-refractivity contribution in [1.29, 1.82) is 0 Å². The van der Waals surface area contributed by atoms with E-state index in [0.717, 1.165) is 11.3 Å². The molecule has 1 saturated heterocycles. The first-order valence-electron chi connectivity index (χ1n) is 9.35. The third-order valence-corrected chi connectivity index (χ3v) is 6.59. The first-order chi connectivity index (χ1) is 14.2. The molecule has 0 bridgehead atoms. The van der Waals surface area contributed by atoms with Crippen molar-refractivity contribution in [1.82, 2.24) is 9.80 Å². The van der Waals surface area contributed by atoms with Gasteiger partial charge in [0.1, 0.15) is 0 Å². The van der Waals surface area contributed by atoms with E-state index in [2.05, 4.69) is 0 Å². The second kappa shape index (κ2) is 6.88. The zero-order valence-electron chi connectivity index (χ0n) is 16.7. The van der Waals surface area contributed by atoms with Crippen LogP contribution in [0.2, 0.25) is 0 Å². The Morgan fingerprint density at radius 1 is 1.03 bits per heavy atom. The monoisotopic (exact) mass is 424 g/mol. The number of hydrogen-bond donors (Lipinski definition) is 0. The molecule has 2 aliphatic rings. The molecule has 30 heavy (non-hydrogen) atoms. The summed E-state index contributed by atoms with van der Waals surface area (Å²) in [5.74, 6) is -0.818. The Kier molecular flexibility index (Phi) is 4.58. The maximum absolute atomic E-state index is 13.7. The van der Waals surface area contributed by atoms with Crippen molar-refractivity contribution in [2.75, 3.05) is 26.0 Å². The average Bonchev–Trinajstić information content (AvgIpc) is 2.75. The first kappa shape index (κ1) is 20.0. The van der Waals surface area contributed by atoms with Gasteiger partial charge < -0.3 is 4.90 Å². The molecule has 1 fully saturated rings. The number of nitrogens with zero attached hydrogens (tertiary/aromatic N) is 4. The predicted molar refractivity (Wildman–Crippen MR) is 115 cm³/mol. The van der Waals surface area contributed by atoms with E-state index in [-0.39, 0.29) is 17.2 Å². The summed E-state index contributed by atoms with van der Waals surface area (Å²) in [4.78, 5) is 42.7. The molecule has 9 heteroatoms. The van der Waals surface area contributed by atoms with Crippen LogP contribution in [-0.2, 0) is 16.0 Å². The number of non-ortho nitro benzene ring substituents is 1. The highest BCUT2D eigenvalue weighted by Gasteiger charge is 2.62. The molecule has 2 heterocycles. The number of nitro groups is 1. The SMILES string of the molecule is CN1C(=O)C2(Cc3cc([N+](=O)[O-])ccc3N(C)C2c2ccccc2)C(=O)N(C)C1=S. The van der Waals surface area contributed by atoms with Gasteiger partial charge in [0.2, 0.25) is 11.8 Å². The van der Waals surface area contributed by atoms with E-state index in [9.17, 15) is 19.7 Å². The Balaban J connectivity index is 2.00. The molecular formula is C21H20N4O4S. The number of rotatable bonds is 2. The molecule has 0 radical (unpaired) electrons. The van der Waals surface area contributed by atoms with Gasteiger partial charge in [-0.1, -0.05) is 30.3 Å². The van der Waals surface area contributed by atoms with E-state index >= 15 is 0 Å². The number of fused-ring (bicyclic) bond motifs is 1. The lowest BCUT2D eigenvalue weighted by Gasteiger charge is -2.52. The van der Waals surface area contributed by atoms with E-state index in [0.29, 0.717) is 5.56 Å². The van der Waals surface area contributed by atoms with Crippen LogP contribution in [0.25, 0.3) is 0 Å². The van der Waals surface area contributed by atoms with Crippen LogP contribution in [0.1, 0.15) is 17.2 Å². The molecule has 2 amide bonds. The van der Waals surface area contributed by atoms with E-state index in [4.69, 9.17) is 12.2 Å². The molecule has 2 aromatic rings. The summed E-state index contributed by atoms with van der Waals surface area (Å²) in [6, 6.07) is 13.3. The van der Waals surface area contributed by atoms with Gasteiger partial charge in [-0.25, -0.2) is 0 Å². The minimum atomic E-state index is -1.50. The molecule has 2 aromatic carbocycles. The fourth-order valence-corrected chi connectivity index (χ4v) is 4.82. The molecule has 1 spiro atoms. The third-order valence-electron chi connectivity index (χ3n) is 6.04. The Hall–Kier alpha value is -3.33. The summed E-state index contributed by atoms with van der Waals surface area (Å²) in [6.07, 6.45) is 0.0445. The molecular weight excluding hydrogens is 404 g/mol. The average molecular weight is 424 g/mol. The van der Waals surface area contributed by atoms with Crippen LogP contribution >= 0.6 is 12.2 Å². The normalized spacial score (nSPS) is 20.6. The maximum Gasteiger partial charge on any atom is 0.269 e. The molecule has 8 nitrogen and oxygen atoms in total. The Bertz CT molecular complexity index is 1060. The lowest BCUT2D eigenvalue weighted by molar-refractivity contribution is -0.384. The highest BCUT2D eigenvalue weighted by molar-refractivity contribution is 7.80. The Morgan fingerprint density at radius 3 is 2.20 bits per heavy atom. The van der Waals surface area contributed by atoms with Gasteiger partial charge >= 0.3 is 0 Å². The van der Waals surface area contributed by atoms with E-state index in [1.165, 1.54) is 21.9 Å². The smallest absolute Gasteiger partial charge is 0.269 e. The van der Waals surface area contributed by atoms with Gasteiger partial charge in [-0.15, -0.1) is 0 Å². The summed E-state index contributed by atoms with van der Waals surface area (Å²) in [7, 11) is 4.91. The van der Waals surface area contributed by atoms with Crippen LogP contribution in [0, 0.1) is 15.5 Å². The second-order valence-electron chi connectivity index (χ2n) is 7.65. The summed E-state index contributed by atoms with van der Waals surface area (Å²) in [6.45, 7) is 0. The van der Waals surface area contributed by atoms with E-state index in [1.54, 1.807) is 27.2 Å². The van der Waals surface area contributed by atoms with Gasteiger partial charge in [0.25, 0.3) is 5.69 Å². The Morgan fingerprint density at radius 2 is 1.63 bits per heavy atom. The molecule has 0 aliphatic carbocycles. The van der Waals surface area contributed by atoms with Gasteiger partial charge in [0, 0.05) is 45.4 Å². The molecule has 0 aromatic heterocycles. The van der Waals surface area contributed by atoms with Crippen molar-refractivity contribution in [2.24, 2.45) is 5.41 Å². The number of benzene rings is 2. The lowest BCUT2D eigenvalue weighted by atomic mass is 9.66. The lowest BCUT2D eigenvalue weighted by Crippen LogP contribution is -2.68. The van der Waals surface area contributed by atoms with Crippen molar-refractivity contribution in [3.05, 3.63) is 69.8 Å². The zero-order chi connectivity index (χ0) is 21.8. The number of nitro benzene ring substituents is 1. The fraction of sp³-hybridized carbons (Fsp3) is 0.286. The second-order valence-corrected chi connectivity index (χ2v) is 8.02. The molecule has 0 saturated carbocycles. The largest absolute Gasteiger partial charge is 0.366 e. The van der Waals surface area contributed by atoms with Crippen molar-refractivity contribution >= 4 is 40.5 Å². The highest BCUT2D eigenvalue weighted by Crippen LogP contribution is 2.52. The number of hydrogen-bond acceptors (Lipinski definition) is 6. The molecule has 0 N–H and O–H groups in total. The van der Waals surface area contributed by atoms with E-state index in [1.807, 2.05) is 35.2 Å². The van der Waals surface area contributed by atoms with Crippen LogP contribution in [0.3, 0.4) is 0 Å². The fourth-order valence-electron chi connectivity index (χ4n) is 4.66. The summed E-state index contributed by atoms with van der Waals surface area (Å²) >= 11 is 5.28.